The second kappa shape index (κ2) is 18.4. The third kappa shape index (κ3) is 13.8. The smallest absolute Gasteiger partial charge is 0.416 e. The molecule has 0 aliphatic rings. The Balaban J connectivity index is 0.000000240. The number of hydrogen-bond donors (Lipinski definition) is 7. The number of alkyl halides is 3. The van der Waals surface area contributed by atoms with Gasteiger partial charge in [-0.1, -0.05) is 23.7 Å². The minimum atomic E-state index is -4.56. The van der Waals surface area contributed by atoms with Gasteiger partial charge in [0.1, 0.15) is 32.0 Å². The summed E-state index contributed by atoms with van der Waals surface area (Å²) < 4.78 is 124. The number of sulfonamides is 3. The highest BCUT2D eigenvalue weighted by Crippen LogP contribution is 2.34. The van der Waals surface area contributed by atoms with Crippen LogP contribution in [0.2, 0.25) is 5.02 Å². The number of aromatic hydroxyl groups is 1. The summed E-state index contributed by atoms with van der Waals surface area (Å²) in [6.45, 7) is 0. The lowest BCUT2D eigenvalue weighted by atomic mass is 10.1. The van der Waals surface area contributed by atoms with Crippen molar-refractivity contribution in [1.82, 2.24) is 9.97 Å². The molecule has 1 amide bonds. The van der Waals surface area contributed by atoms with Crippen LogP contribution in [-0.4, -0.2) is 46.2 Å². The third-order valence-corrected chi connectivity index (χ3v) is 10.2. The summed E-state index contributed by atoms with van der Waals surface area (Å²) in [6, 6.07) is 13.5. The lowest BCUT2D eigenvalue weighted by Gasteiger charge is -2.11. The predicted octanol–water partition coefficient (Wildman–Crippen LogP) is 3.92. The zero-order valence-corrected chi connectivity index (χ0v) is 33.0. The fraction of sp³-hybridized carbons (Fsp3) is 0.0645. The number of nitrogens with one attached hydrogen (secondary N) is 2. The van der Waals surface area contributed by atoms with Gasteiger partial charge in [0.2, 0.25) is 41.9 Å². The van der Waals surface area contributed by atoms with Crippen LogP contribution in [0.3, 0.4) is 0 Å². The molecule has 5 aromatic rings. The van der Waals surface area contributed by atoms with Crippen molar-refractivity contribution in [1.29, 1.82) is 0 Å². The second-order valence-corrected chi connectivity index (χ2v) is 16.9. The monoisotopic (exact) mass is 943 g/mol. The number of nitrogens with zero attached hydrogens (tertiary/aromatic N) is 1. The molecule has 0 atom stereocenters. The Morgan fingerprint density at radius 3 is 2.07 bits per heavy atom. The van der Waals surface area contributed by atoms with Crippen molar-refractivity contribution in [2.75, 3.05) is 11.1 Å². The SMILES string of the molecule is NS(=O)(=O)c1cc(Br)c[nH]c1=O.NS(=O)(=O)c1cc(NC(=O)Cc2c(F)cccc2Cl)ccc1O.Nc1cnc(Oc2cccc(C(F)(F)F)c2)c(S(N)(=O)=O)c1. The average Bonchev–Trinajstić information content (AvgIpc) is 3.08. The van der Waals surface area contributed by atoms with Crippen molar-refractivity contribution in [2.45, 2.75) is 27.3 Å². The van der Waals surface area contributed by atoms with E-state index < -0.39 is 85.4 Å². The summed E-state index contributed by atoms with van der Waals surface area (Å²) in [7, 11) is -12.3. The highest BCUT2D eigenvalue weighted by atomic mass is 79.9. The van der Waals surface area contributed by atoms with Gasteiger partial charge in [-0.15, -0.1) is 0 Å². The Kier molecular flexibility index (Phi) is 14.9. The summed E-state index contributed by atoms with van der Waals surface area (Å²) in [5.41, 5.74) is 3.87. The summed E-state index contributed by atoms with van der Waals surface area (Å²) in [5.74, 6) is -2.47. The number of pyridine rings is 2. The molecule has 0 radical (unpaired) electrons. The van der Waals surface area contributed by atoms with Crippen molar-refractivity contribution in [2.24, 2.45) is 15.4 Å². The van der Waals surface area contributed by atoms with Crippen LogP contribution >= 0.6 is 27.5 Å². The molecule has 0 fully saturated rings. The van der Waals surface area contributed by atoms with Gasteiger partial charge in [-0.25, -0.2) is 50.0 Å². The molecule has 26 heteroatoms. The fourth-order valence-corrected chi connectivity index (χ4v) is 6.73. The number of anilines is 2. The standard InChI is InChI=1S/C14H12ClFN2O4S.C12H10F3N3O3S.C5H5BrN2O3S/c15-10-2-1-3-11(16)9(10)7-14(20)18-8-4-5-12(19)13(6-8)23(17,21)22;13-12(14,15)7-2-1-3-9(4-7)21-11-10(22(17,19)20)5-8(16)6-18-11;6-3-1-4(12(7,10)11)5(9)8-2-3/h1-6,19H,7H2,(H,18,20)(H2,17,21,22);1-6H,16H2,(H2,17,19,20);1-2H,(H,8,9)(H2,7,10,11). The molecule has 2 aromatic heterocycles. The van der Waals surface area contributed by atoms with Crippen LogP contribution in [0.1, 0.15) is 11.1 Å². The first-order chi connectivity index (χ1) is 26.2. The van der Waals surface area contributed by atoms with Gasteiger partial charge in [0.25, 0.3) is 5.56 Å². The van der Waals surface area contributed by atoms with E-state index in [0.717, 1.165) is 42.6 Å². The van der Waals surface area contributed by atoms with Gasteiger partial charge in [0.05, 0.1) is 23.9 Å². The van der Waals surface area contributed by atoms with Gasteiger partial charge in [-0.3, -0.25) is 9.59 Å². The number of nitrogens with two attached hydrogens (primary N) is 4. The van der Waals surface area contributed by atoms with Crippen LogP contribution in [0.15, 0.2) is 109 Å². The fourth-order valence-electron chi connectivity index (χ4n) is 4.11. The number of halogens is 6. The van der Waals surface area contributed by atoms with Crippen molar-refractivity contribution >= 4 is 74.9 Å². The van der Waals surface area contributed by atoms with E-state index in [1.807, 2.05) is 0 Å². The molecule has 0 aliphatic carbocycles. The van der Waals surface area contributed by atoms with E-state index in [0.29, 0.717) is 10.5 Å². The van der Waals surface area contributed by atoms with Gasteiger partial charge < -0.3 is 25.9 Å². The Bertz CT molecular complexity index is 2690. The van der Waals surface area contributed by atoms with Crippen LogP contribution < -0.4 is 36.8 Å². The van der Waals surface area contributed by atoms with Crippen LogP contribution in [0.4, 0.5) is 28.9 Å². The minimum Gasteiger partial charge on any atom is -0.507 e. The summed E-state index contributed by atoms with van der Waals surface area (Å²) in [6.07, 6.45) is -2.47. The maximum atomic E-state index is 13.6. The molecule has 11 N–H and O–H groups in total. The molecule has 0 saturated carbocycles. The van der Waals surface area contributed by atoms with Crippen molar-refractivity contribution in [3.05, 3.63) is 122 Å². The molecule has 5 rings (SSSR count). The van der Waals surface area contributed by atoms with Crippen LogP contribution in [0.5, 0.6) is 17.4 Å². The zero-order chi connectivity index (χ0) is 43.1. The van der Waals surface area contributed by atoms with Crippen molar-refractivity contribution in [3.63, 3.8) is 0 Å². The number of carbonyl (C=O) groups is 1. The van der Waals surface area contributed by atoms with E-state index in [9.17, 15) is 57.5 Å². The van der Waals surface area contributed by atoms with Gasteiger partial charge >= 0.3 is 6.18 Å². The van der Waals surface area contributed by atoms with E-state index in [1.54, 1.807) is 0 Å². The summed E-state index contributed by atoms with van der Waals surface area (Å²) in [5, 5.41) is 26.7. The maximum absolute atomic E-state index is 13.6. The van der Waals surface area contributed by atoms with Gasteiger partial charge in [-0.05, 0) is 76.6 Å². The highest BCUT2D eigenvalue weighted by Gasteiger charge is 2.31. The number of phenolic OH excluding ortho intramolecular Hbond substituents is 1. The molecule has 0 aliphatic heterocycles. The molecule has 2 heterocycles. The lowest BCUT2D eigenvalue weighted by Crippen LogP contribution is -2.22. The van der Waals surface area contributed by atoms with Gasteiger partial charge in [0, 0.05) is 26.9 Å². The zero-order valence-electron chi connectivity index (χ0n) is 28.2. The molecule has 57 heavy (non-hydrogen) atoms. The number of hydrogen-bond acceptors (Lipinski definition) is 12. The molecule has 306 valence electrons. The first kappa shape index (κ1) is 46.2. The lowest BCUT2D eigenvalue weighted by molar-refractivity contribution is -0.137. The van der Waals surface area contributed by atoms with Crippen molar-refractivity contribution in [3.8, 4) is 17.4 Å². The maximum Gasteiger partial charge on any atom is 0.416 e. The number of aromatic nitrogens is 2. The normalized spacial score (nSPS) is 11.7. The van der Waals surface area contributed by atoms with E-state index >= 15 is 0 Å². The first-order valence-corrected chi connectivity index (χ1v) is 20.6. The number of ether oxygens (including phenoxy) is 1. The van der Waals surface area contributed by atoms with E-state index in [4.69, 9.17) is 37.5 Å². The average molecular weight is 945 g/mol. The highest BCUT2D eigenvalue weighted by molar-refractivity contribution is 9.10. The van der Waals surface area contributed by atoms with Gasteiger partial charge in [0.15, 0.2) is 0 Å². The molecule has 17 nitrogen and oxygen atoms in total. The number of amides is 1. The second-order valence-electron chi connectivity index (χ2n) is 11.0. The van der Waals surface area contributed by atoms with Crippen LogP contribution in [0.25, 0.3) is 0 Å². The number of nitrogen functional groups attached to an aromatic ring is 1. The molecule has 0 unspecified atom stereocenters. The molecular formula is C31H27BrClF4N7O10S3. The molecule has 0 spiro atoms. The quantitative estimate of drug-likeness (QED) is 0.0860. The van der Waals surface area contributed by atoms with E-state index in [1.165, 1.54) is 36.5 Å². The van der Waals surface area contributed by atoms with Crippen molar-refractivity contribution < 1.29 is 57.5 Å². The molecule has 0 bridgehead atoms. The third-order valence-electron chi connectivity index (χ3n) is 6.61. The van der Waals surface area contributed by atoms with Gasteiger partial charge in [-0.2, -0.15) is 13.2 Å². The number of carbonyl (C=O) groups excluding carboxylic acids is 1. The Hall–Kier alpha value is -5.15. The number of phenols is 1. The minimum absolute atomic E-state index is 0.0143. The largest absolute Gasteiger partial charge is 0.507 e. The first-order valence-electron chi connectivity index (χ1n) is 14.8. The Labute approximate surface area is 333 Å². The number of benzene rings is 3. The predicted molar refractivity (Wildman–Crippen MR) is 201 cm³/mol. The number of rotatable bonds is 8. The van der Waals surface area contributed by atoms with Crippen LogP contribution in [-0.2, 0) is 47.5 Å². The van der Waals surface area contributed by atoms with Crippen LogP contribution in [0, 0.1) is 5.82 Å². The number of primary sulfonamides is 3. The molecule has 3 aromatic carbocycles. The number of H-pyrrole nitrogens is 1. The summed E-state index contributed by atoms with van der Waals surface area (Å²) in [4.78, 5) is 27.2. The summed E-state index contributed by atoms with van der Waals surface area (Å²) >= 11 is 8.83. The Morgan fingerprint density at radius 2 is 1.51 bits per heavy atom. The number of aromatic amines is 1. The Morgan fingerprint density at radius 1 is 0.895 bits per heavy atom. The molecule has 0 saturated heterocycles. The van der Waals surface area contributed by atoms with E-state index in [2.05, 4.69) is 31.2 Å². The topological polar surface area (TPSA) is 311 Å². The molecular weight excluding hydrogens is 918 g/mol. The van der Waals surface area contributed by atoms with E-state index in [-0.39, 0.29) is 34.1 Å².